The lowest BCUT2D eigenvalue weighted by atomic mass is 10.2. The van der Waals surface area contributed by atoms with E-state index in [2.05, 4.69) is 13.0 Å². The van der Waals surface area contributed by atoms with Crippen molar-refractivity contribution in [2.75, 3.05) is 13.1 Å². The Labute approximate surface area is 117 Å². The highest BCUT2D eigenvalue weighted by Crippen LogP contribution is 2.51. The van der Waals surface area contributed by atoms with Gasteiger partial charge in [0, 0.05) is 23.3 Å². The second-order valence-electron chi connectivity index (χ2n) is 5.07. The maximum atomic E-state index is 12.3. The number of hydrogen-bond acceptors (Lipinski definition) is 3. The monoisotopic (exact) mass is 281 g/mol. The highest BCUT2D eigenvalue weighted by molar-refractivity contribution is 7.10. The summed E-state index contributed by atoms with van der Waals surface area (Å²) >= 11 is 1.69. The van der Waals surface area contributed by atoms with Crippen LogP contribution in [0.25, 0.3) is 0 Å². The highest BCUT2D eigenvalue weighted by atomic mass is 32.1. The van der Waals surface area contributed by atoms with Crippen LogP contribution in [-0.2, 0) is 9.59 Å². The molecule has 2 atom stereocenters. The van der Waals surface area contributed by atoms with E-state index in [9.17, 15) is 9.59 Å². The third-order valence-corrected chi connectivity index (χ3v) is 4.63. The summed E-state index contributed by atoms with van der Waals surface area (Å²) in [5.74, 6) is -0.641. The van der Waals surface area contributed by atoms with Crippen LogP contribution < -0.4 is 0 Å². The summed E-state index contributed by atoms with van der Waals surface area (Å²) < 4.78 is 0. The Morgan fingerprint density at radius 3 is 2.79 bits per heavy atom. The third kappa shape index (κ3) is 3.15. The summed E-state index contributed by atoms with van der Waals surface area (Å²) in [6.07, 6.45) is 1.65. The molecule has 1 heterocycles. The minimum absolute atomic E-state index is 0.00190. The predicted molar refractivity (Wildman–Crippen MR) is 74.4 cm³/mol. The molecule has 5 heteroatoms. The van der Waals surface area contributed by atoms with Gasteiger partial charge in [0.25, 0.3) is 0 Å². The average molecular weight is 281 g/mol. The molecule has 1 aromatic rings. The minimum atomic E-state index is -0.939. The first kappa shape index (κ1) is 14.1. The average Bonchev–Trinajstić information content (AvgIpc) is 3.03. The van der Waals surface area contributed by atoms with E-state index in [0.717, 1.165) is 12.8 Å². The van der Waals surface area contributed by atoms with Crippen LogP contribution in [0.3, 0.4) is 0 Å². The fourth-order valence-corrected chi connectivity index (χ4v) is 3.56. The molecule has 2 rings (SSSR count). The first-order valence-corrected chi connectivity index (χ1v) is 7.47. The fraction of sp³-hybridized carbons (Fsp3) is 0.571. The molecule has 1 aliphatic rings. The number of amides is 1. The maximum absolute atomic E-state index is 12.3. The zero-order valence-corrected chi connectivity index (χ0v) is 12.1. The number of thiophene rings is 1. The molecular weight excluding hydrogens is 262 g/mol. The topological polar surface area (TPSA) is 57.6 Å². The number of aliphatic carboxylic acids is 1. The van der Waals surface area contributed by atoms with Gasteiger partial charge in [-0.05, 0) is 36.8 Å². The van der Waals surface area contributed by atoms with E-state index >= 15 is 0 Å². The normalized spacial score (nSPS) is 21.2. The van der Waals surface area contributed by atoms with Gasteiger partial charge in [-0.25, -0.2) is 0 Å². The Kier molecular flexibility index (Phi) is 4.24. The van der Waals surface area contributed by atoms with Crippen molar-refractivity contribution in [3.8, 4) is 0 Å². The number of hydrogen-bond donors (Lipinski definition) is 1. The summed E-state index contributed by atoms with van der Waals surface area (Å²) in [5.41, 5.74) is 1.24. The summed E-state index contributed by atoms with van der Waals surface area (Å²) in [6.45, 7) is 4.36. The highest BCUT2D eigenvalue weighted by Gasteiger charge is 2.47. The number of aryl methyl sites for hydroxylation is 1. The van der Waals surface area contributed by atoms with E-state index in [1.54, 1.807) is 11.3 Å². The van der Waals surface area contributed by atoms with Crippen LogP contribution in [-0.4, -0.2) is 35.0 Å². The first-order valence-electron chi connectivity index (χ1n) is 6.59. The van der Waals surface area contributed by atoms with Crippen molar-refractivity contribution in [1.29, 1.82) is 0 Å². The van der Waals surface area contributed by atoms with E-state index in [1.165, 1.54) is 15.3 Å². The van der Waals surface area contributed by atoms with Crippen LogP contribution in [0.15, 0.2) is 11.4 Å². The van der Waals surface area contributed by atoms with Gasteiger partial charge in [-0.15, -0.1) is 11.3 Å². The molecule has 1 aromatic heterocycles. The van der Waals surface area contributed by atoms with Gasteiger partial charge in [-0.1, -0.05) is 6.92 Å². The van der Waals surface area contributed by atoms with Crippen molar-refractivity contribution >= 4 is 23.2 Å². The molecule has 4 nitrogen and oxygen atoms in total. The van der Waals surface area contributed by atoms with Crippen molar-refractivity contribution in [2.24, 2.45) is 5.92 Å². The van der Waals surface area contributed by atoms with Crippen molar-refractivity contribution < 1.29 is 14.7 Å². The molecule has 1 saturated carbocycles. The SMILES string of the molecule is CCCN(CC(=O)O)C(=O)[C@H]1C[C@@H]1c1sccc1C. The van der Waals surface area contributed by atoms with Crippen molar-refractivity contribution in [2.45, 2.75) is 32.6 Å². The molecule has 19 heavy (non-hydrogen) atoms. The van der Waals surface area contributed by atoms with Crippen LogP contribution >= 0.6 is 11.3 Å². The molecule has 1 amide bonds. The van der Waals surface area contributed by atoms with Crippen LogP contribution in [0.5, 0.6) is 0 Å². The number of carboxylic acids is 1. The lowest BCUT2D eigenvalue weighted by molar-refractivity contribution is -0.145. The number of rotatable bonds is 6. The number of carboxylic acid groups (broad SMARTS) is 1. The Morgan fingerprint density at radius 2 is 2.26 bits per heavy atom. The van der Waals surface area contributed by atoms with Gasteiger partial charge in [0.2, 0.25) is 5.91 Å². The minimum Gasteiger partial charge on any atom is -0.480 e. The van der Waals surface area contributed by atoms with Crippen LogP contribution in [0.4, 0.5) is 0 Å². The van der Waals surface area contributed by atoms with Gasteiger partial charge in [0.15, 0.2) is 0 Å². The Balaban J connectivity index is 2.00. The molecule has 1 aliphatic carbocycles. The van der Waals surface area contributed by atoms with Gasteiger partial charge in [-0.3, -0.25) is 9.59 Å². The number of carbonyl (C=O) groups is 2. The largest absolute Gasteiger partial charge is 0.480 e. The van der Waals surface area contributed by atoms with E-state index in [-0.39, 0.29) is 18.4 Å². The molecule has 1 N–H and O–H groups in total. The zero-order valence-electron chi connectivity index (χ0n) is 11.3. The summed E-state index contributed by atoms with van der Waals surface area (Å²) in [6, 6.07) is 2.07. The molecule has 0 bridgehead atoms. The van der Waals surface area contributed by atoms with Crippen LogP contribution in [0.2, 0.25) is 0 Å². The van der Waals surface area contributed by atoms with Crippen molar-refractivity contribution in [3.05, 3.63) is 21.9 Å². The summed E-state index contributed by atoms with van der Waals surface area (Å²) in [7, 11) is 0. The molecule has 104 valence electrons. The lowest BCUT2D eigenvalue weighted by Gasteiger charge is -2.20. The van der Waals surface area contributed by atoms with Gasteiger partial charge < -0.3 is 10.0 Å². The lowest BCUT2D eigenvalue weighted by Crippen LogP contribution is -2.37. The molecule has 1 fully saturated rings. The Morgan fingerprint density at radius 1 is 1.53 bits per heavy atom. The van der Waals surface area contributed by atoms with E-state index in [1.807, 2.05) is 12.3 Å². The summed E-state index contributed by atoms with van der Waals surface area (Å²) in [4.78, 5) is 25.9. The first-order chi connectivity index (χ1) is 9.04. The van der Waals surface area contributed by atoms with E-state index in [4.69, 9.17) is 5.11 Å². The van der Waals surface area contributed by atoms with Crippen molar-refractivity contribution in [1.82, 2.24) is 4.90 Å². The third-order valence-electron chi connectivity index (χ3n) is 3.48. The van der Waals surface area contributed by atoms with Gasteiger partial charge >= 0.3 is 5.97 Å². The quantitative estimate of drug-likeness (QED) is 0.871. The molecule has 0 aliphatic heterocycles. The van der Waals surface area contributed by atoms with Gasteiger partial charge in [-0.2, -0.15) is 0 Å². The Hall–Kier alpha value is -1.36. The zero-order chi connectivity index (χ0) is 14.0. The molecule has 0 spiro atoms. The number of nitrogens with zero attached hydrogens (tertiary/aromatic N) is 1. The maximum Gasteiger partial charge on any atom is 0.323 e. The van der Waals surface area contributed by atoms with Gasteiger partial charge in [0.1, 0.15) is 6.54 Å². The number of carbonyl (C=O) groups excluding carboxylic acids is 1. The molecule has 0 unspecified atom stereocenters. The second kappa shape index (κ2) is 5.74. The van der Waals surface area contributed by atoms with Crippen LogP contribution in [0, 0.1) is 12.8 Å². The van der Waals surface area contributed by atoms with E-state index < -0.39 is 5.97 Å². The van der Waals surface area contributed by atoms with Crippen molar-refractivity contribution in [3.63, 3.8) is 0 Å². The molecule has 0 saturated heterocycles. The summed E-state index contributed by atoms with van der Waals surface area (Å²) in [5, 5.41) is 10.9. The fourth-order valence-electron chi connectivity index (χ4n) is 2.46. The van der Waals surface area contributed by atoms with Crippen LogP contribution in [0.1, 0.15) is 36.1 Å². The standard InChI is InChI=1S/C14H19NO3S/c1-3-5-15(8-12(16)17)14(18)11-7-10(11)13-9(2)4-6-19-13/h4,6,10-11H,3,5,7-8H2,1-2H3,(H,16,17)/t10-,11-/m0/s1. The van der Waals surface area contributed by atoms with E-state index in [0.29, 0.717) is 12.5 Å². The molecule has 0 aromatic carbocycles. The molecular formula is C14H19NO3S. The van der Waals surface area contributed by atoms with Gasteiger partial charge in [0.05, 0.1) is 0 Å². The smallest absolute Gasteiger partial charge is 0.323 e. The predicted octanol–water partition coefficient (Wildman–Crippen LogP) is 2.48. The Bertz CT molecular complexity index is 483. The second-order valence-corrected chi connectivity index (χ2v) is 6.02. The molecule has 0 radical (unpaired) electrons.